The van der Waals surface area contributed by atoms with Gasteiger partial charge < -0.3 is 4.90 Å². The summed E-state index contributed by atoms with van der Waals surface area (Å²) in [5.74, 6) is -0.127. The van der Waals surface area contributed by atoms with Crippen molar-refractivity contribution in [3.05, 3.63) is 38.3 Å². The summed E-state index contributed by atoms with van der Waals surface area (Å²) in [6.45, 7) is 1.48. The molecule has 0 atom stereocenters. The number of carbonyl (C=O) groups is 1. The van der Waals surface area contributed by atoms with Crippen molar-refractivity contribution in [3.8, 4) is 0 Å². The number of rotatable bonds is 2. The minimum atomic E-state index is -0.495. The molecule has 1 aliphatic rings. The topological polar surface area (TPSA) is 63.4 Å². The van der Waals surface area contributed by atoms with E-state index < -0.39 is 4.92 Å². The van der Waals surface area contributed by atoms with Crippen LogP contribution in [0.2, 0.25) is 0 Å². The van der Waals surface area contributed by atoms with E-state index in [1.165, 1.54) is 6.07 Å². The fourth-order valence-corrected chi connectivity index (χ4v) is 2.28. The van der Waals surface area contributed by atoms with E-state index in [-0.39, 0.29) is 11.6 Å². The summed E-state index contributed by atoms with van der Waals surface area (Å²) in [6.07, 6.45) is 2.01. The number of likely N-dealkylation sites (tertiary alicyclic amines) is 1. The van der Waals surface area contributed by atoms with Gasteiger partial charge in [0.05, 0.1) is 9.40 Å². The third-order valence-electron chi connectivity index (χ3n) is 2.78. The van der Waals surface area contributed by atoms with Gasteiger partial charge in [0.15, 0.2) is 0 Å². The second-order valence-corrected chi connectivity index (χ2v) is 4.78. The summed E-state index contributed by atoms with van der Waals surface area (Å²) >= 11 is 3.10. The molecule has 1 aliphatic heterocycles. The minimum Gasteiger partial charge on any atom is -0.339 e. The SMILES string of the molecule is O=C(c1ccc(Br)c([N+](=O)[O-])c1)N1CCCC1. The van der Waals surface area contributed by atoms with Gasteiger partial charge in [-0.25, -0.2) is 0 Å². The van der Waals surface area contributed by atoms with Crippen LogP contribution < -0.4 is 0 Å². The van der Waals surface area contributed by atoms with E-state index in [1.54, 1.807) is 17.0 Å². The van der Waals surface area contributed by atoms with Crippen molar-refractivity contribution in [2.45, 2.75) is 12.8 Å². The predicted molar refractivity (Wildman–Crippen MR) is 65.9 cm³/mol. The highest BCUT2D eigenvalue weighted by atomic mass is 79.9. The van der Waals surface area contributed by atoms with Gasteiger partial charge in [-0.1, -0.05) is 0 Å². The molecule has 0 aliphatic carbocycles. The maximum atomic E-state index is 12.0. The maximum absolute atomic E-state index is 12.0. The summed E-state index contributed by atoms with van der Waals surface area (Å²) in [6, 6.07) is 4.48. The Labute approximate surface area is 107 Å². The molecule has 1 fully saturated rings. The highest BCUT2D eigenvalue weighted by molar-refractivity contribution is 9.10. The molecule has 1 aromatic rings. The van der Waals surface area contributed by atoms with Crippen molar-refractivity contribution in [3.63, 3.8) is 0 Å². The van der Waals surface area contributed by atoms with Crippen LogP contribution in [-0.4, -0.2) is 28.8 Å². The first-order valence-corrected chi connectivity index (χ1v) is 6.12. The number of halogens is 1. The largest absolute Gasteiger partial charge is 0.339 e. The first kappa shape index (κ1) is 12.0. The molecule has 0 saturated carbocycles. The smallest absolute Gasteiger partial charge is 0.284 e. The highest BCUT2D eigenvalue weighted by Gasteiger charge is 2.22. The van der Waals surface area contributed by atoms with Crippen LogP contribution in [0.25, 0.3) is 0 Å². The number of nitro groups is 1. The number of hydrogen-bond acceptors (Lipinski definition) is 3. The maximum Gasteiger partial charge on any atom is 0.284 e. The molecule has 5 nitrogen and oxygen atoms in total. The van der Waals surface area contributed by atoms with Crippen LogP contribution in [0.3, 0.4) is 0 Å². The van der Waals surface area contributed by atoms with Gasteiger partial charge in [0.1, 0.15) is 0 Å². The second kappa shape index (κ2) is 4.83. The van der Waals surface area contributed by atoms with Gasteiger partial charge >= 0.3 is 0 Å². The number of hydrogen-bond donors (Lipinski definition) is 0. The lowest BCUT2D eigenvalue weighted by atomic mass is 10.2. The number of carbonyl (C=O) groups excluding carboxylic acids is 1. The Morgan fingerprint density at radius 3 is 2.59 bits per heavy atom. The fourth-order valence-electron chi connectivity index (χ4n) is 1.89. The first-order chi connectivity index (χ1) is 8.09. The molecule has 0 bridgehead atoms. The summed E-state index contributed by atoms with van der Waals surface area (Å²) in [5, 5.41) is 10.8. The van der Waals surface area contributed by atoms with Crippen molar-refractivity contribution in [1.29, 1.82) is 0 Å². The van der Waals surface area contributed by atoms with E-state index in [1.807, 2.05) is 0 Å². The van der Waals surface area contributed by atoms with Crippen LogP contribution in [0.5, 0.6) is 0 Å². The third kappa shape index (κ3) is 2.46. The molecule has 0 unspecified atom stereocenters. The van der Waals surface area contributed by atoms with Crippen molar-refractivity contribution in [1.82, 2.24) is 4.90 Å². The van der Waals surface area contributed by atoms with Crippen LogP contribution >= 0.6 is 15.9 Å². The number of nitro benzene ring substituents is 1. The van der Waals surface area contributed by atoms with Crippen molar-refractivity contribution in [2.24, 2.45) is 0 Å². The molecule has 1 aromatic carbocycles. The van der Waals surface area contributed by atoms with Gasteiger partial charge in [-0.3, -0.25) is 14.9 Å². The zero-order valence-corrected chi connectivity index (χ0v) is 10.6. The molecule has 1 amide bonds. The molecule has 1 heterocycles. The molecule has 0 spiro atoms. The Hall–Kier alpha value is -1.43. The van der Waals surface area contributed by atoms with Gasteiger partial charge in [0.25, 0.3) is 11.6 Å². The Morgan fingerprint density at radius 2 is 2.00 bits per heavy atom. The van der Waals surface area contributed by atoms with Gasteiger partial charge in [0, 0.05) is 24.7 Å². The lowest BCUT2D eigenvalue weighted by Crippen LogP contribution is -2.27. The summed E-state index contributed by atoms with van der Waals surface area (Å²) in [5.41, 5.74) is 0.303. The first-order valence-electron chi connectivity index (χ1n) is 5.33. The summed E-state index contributed by atoms with van der Waals surface area (Å²) < 4.78 is 0.389. The average molecular weight is 299 g/mol. The van der Waals surface area contributed by atoms with Crippen LogP contribution in [0, 0.1) is 10.1 Å². The Balaban J connectivity index is 2.29. The molecule has 2 rings (SSSR count). The van der Waals surface area contributed by atoms with Crippen molar-refractivity contribution < 1.29 is 9.72 Å². The number of nitrogens with zero attached hydrogens (tertiary/aromatic N) is 2. The molecule has 0 radical (unpaired) electrons. The van der Waals surface area contributed by atoms with Crippen LogP contribution in [0.4, 0.5) is 5.69 Å². The molecule has 90 valence electrons. The van der Waals surface area contributed by atoms with Crippen molar-refractivity contribution in [2.75, 3.05) is 13.1 Å². The Bertz CT molecular complexity index is 470. The van der Waals surface area contributed by atoms with E-state index in [0.29, 0.717) is 10.0 Å². The fraction of sp³-hybridized carbons (Fsp3) is 0.364. The van der Waals surface area contributed by atoms with Gasteiger partial charge in [-0.2, -0.15) is 0 Å². The van der Waals surface area contributed by atoms with Gasteiger partial charge in [-0.05, 0) is 40.9 Å². The third-order valence-corrected chi connectivity index (χ3v) is 3.45. The number of amides is 1. The predicted octanol–water partition coefficient (Wildman–Crippen LogP) is 2.59. The molecule has 17 heavy (non-hydrogen) atoms. The standard InChI is InChI=1S/C11H11BrN2O3/c12-9-4-3-8(7-10(9)14(16)17)11(15)13-5-1-2-6-13/h3-4,7H,1-2,5-6H2. The zero-order chi connectivity index (χ0) is 12.4. The molecular formula is C11H11BrN2O3. The quantitative estimate of drug-likeness (QED) is 0.623. The molecule has 1 saturated heterocycles. The summed E-state index contributed by atoms with van der Waals surface area (Å²) in [4.78, 5) is 24.0. The van der Waals surface area contributed by atoms with E-state index in [2.05, 4.69) is 15.9 Å². The number of benzene rings is 1. The van der Waals surface area contributed by atoms with Crippen LogP contribution in [-0.2, 0) is 0 Å². The van der Waals surface area contributed by atoms with E-state index in [0.717, 1.165) is 25.9 Å². The Kier molecular flexibility index (Phi) is 3.42. The van der Waals surface area contributed by atoms with Crippen molar-refractivity contribution >= 4 is 27.5 Å². The second-order valence-electron chi connectivity index (χ2n) is 3.92. The van der Waals surface area contributed by atoms with E-state index in [4.69, 9.17) is 0 Å². The molecule has 6 heteroatoms. The monoisotopic (exact) mass is 298 g/mol. The molecule has 0 N–H and O–H groups in total. The van der Waals surface area contributed by atoms with Gasteiger partial charge in [-0.15, -0.1) is 0 Å². The lowest BCUT2D eigenvalue weighted by Gasteiger charge is -2.14. The van der Waals surface area contributed by atoms with Crippen LogP contribution in [0.15, 0.2) is 22.7 Å². The average Bonchev–Trinajstić information content (AvgIpc) is 2.81. The van der Waals surface area contributed by atoms with Gasteiger partial charge in [0.2, 0.25) is 0 Å². The lowest BCUT2D eigenvalue weighted by molar-refractivity contribution is -0.385. The summed E-state index contributed by atoms with van der Waals surface area (Å²) in [7, 11) is 0. The molecular weight excluding hydrogens is 288 g/mol. The van der Waals surface area contributed by atoms with E-state index in [9.17, 15) is 14.9 Å². The minimum absolute atomic E-state index is 0.0740. The normalized spacial score (nSPS) is 15.0. The Morgan fingerprint density at radius 1 is 1.35 bits per heavy atom. The van der Waals surface area contributed by atoms with Crippen LogP contribution in [0.1, 0.15) is 23.2 Å². The molecule has 0 aromatic heterocycles. The zero-order valence-electron chi connectivity index (χ0n) is 9.06. The van der Waals surface area contributed by atoms with E-state index >= 15 is 0 Å². The highest BCUT2D eigenvalue weighted by Crippen LogP contribution is 2.26.